The number of nitrogens with zero attached hydrogens (tertiary/aromatic N) is 1. The molecule has 0 unspecified atom stereocenters. The number of nitrogens with one attached hydrogen (secondary N) is 2. The normalized spacial score (nSPS) is 15.4. The van der Waals surface area contributed by atoms with E-state index in [1.54, 1.807) is 35.2 Å². The molecule has 1 saturated heterocycles. The van der Waals surface area contributed by atoms with Crippen LogP contribution in [0.1, 0.15) is 12.0 Å². The van der Waals surface area contributed by atoms with E-state index in [0.717, 1.165) is 10.2 Å². The number of rotatable bonds is 7. The highest BCUT2D eigenvalue weighted by Crippen LogP contribution is 2.31. The summed E-state index contributed by atoms with van der Waals surface area (Å²) in [5.74, 6) is -0.321. The Balaban J connectivity index is 1.40. The van der Waals surface area contributed by atoms with Crippen LogP contribution in [0.5, 0.6) is 5.75 Å². The van der Waals surface area contributed by atoms with E-state index in [1.165, 1.54) is 0 Å². The zero-order valence-electron chi connectivity index (χ0n) is 17.4. The summed E-state index contributed by atoms with van der Waals surface area (Å²) < 4.78 is 6.72. The Kier molecular flexibility index (Phi) is 7.42. The molecule has 4 rings (SSSR count). The largest absolute Gasteiger partial charge is 0.487 e. The predicted molar refractivity (Wildman–Crippen MR) is 134 cm³/mol. The van der Waals surface area contributed by atoms with Crippen molar-refractivity contribution >= 4 is 62.3 Å². The molecule has 2 amide bonds. The fourth-order valence-corrected chi connectivity index (χ4v) is 4.39. The van der Waals surface area contributed by atoms with Gasteiger partial charge in [-0.3, -0.25) is 20.4 Å². The molecule has 170 valence electrons. The Morgan fingerprint density at radius 1 is 1.06 bits per heavy atom. The Morgan fingerprint density at radius 2 is 1.79 bits per heavy atom. The van der Waals surface area contributed by atoms with Gasteiger partial charge in [0.25, 0.3) is 0 Å². The van der Waals surface area contributed by atoms with Gasteiger partial charge in [0.1, 0.15) is 12.4 Å². The third-order valence-corrected chi connectivity index (χ3v) is 6.46. The van der Waals surface area contributed by atoms with Crippen molar-refractivity contribution in [3.63, 3.8) is 0 Å². The average molecular weight is 549 g/mol. The standard InChI is InChI=1S/C24H20BrCl2N3O3/c25-16-9-10-22(33-14-18-19(26)7-4-8-20(18)27)21(12-16)28-29-24(32)15-11-23(31)30(13-15)17-5-2-1-3-6-17/h1-10,12,15,28H,11,13-14H2,(H,29,32)/t15-/m1/s1. The molecule has 3 aromatic carbocycles. The maximum atomic E-state index is 12.8. The van der Waals surface area contributed by atoms with Gasteiger partial charge in [0.15, 0.2) is 0 Å². The van der Waals surface area contributed by atoms with Crippen molar-refractivity contribution in [3.05, 3.63) is 86.8 Å². The second kappa shape index (κ2) is 10.5. The number of anilines is 2. The first-order valence-electron chi connectivity index (χ1n) is 10.2. The van der Waals surface area contributed by atoms with Crippen LogP contribution in [0.4, 0.5) is 11.4 Å². The van der Waals surface area contributed by atoms with E-state index in [-0.39, 0.29) is 24.8 Å². The van der Waals surface area contributed by atoms with Crippen molar-refractivity contribution in [3.8, 4) is 5.75 Å². The molecule has 33 heavy (non-hydrogen) atoms. The number of carbonyl (C=O) groups excluding carboxylic acids is 2. The van der Waals surface area contributed by atoms with Gasteiger partial charge in [-0.15, -0.1) is 0 Å². The van der Waals surface area contributed by atoms with Crippen molar-refractivity contribution in [2.45, 2.75) is 13.0 Å². The lowest BCUT2D eigenvalue weighted by Crippen LogP contribution is -2.36. The summed E-state index contributed by atoms with van der Waals surface area (Å²) in [5.41, 5.74) is 7.62. The zero-order valence-corrected chi connectivity index (χ0v) is 20.5. The maximum absolute atomic E-state index is 12.8. The third kappa shape index (κ3) is 5.61. The number of para-hydroxylation sites is 1. The van der Waals surface area contributed by atoms with E-state index in [9.17, 15) is 9.59 Å². The molecule has 1 aliphatic rings. The van der Waals surface area contributed by atoms with Crippen LogP contribution in [0, 0.1) is 5.92 Å². The van der Waals surface area contributed by atoms with Crippen molar-refractivity contribution < 1.29 is 14.3 Å². The monoisotopic (exact) mass is 547 g/mol. The number of amides is 2. The number of hydrogen-bond donors (Lipinski definition) is 2. The Hall–Kier alpha value is -2.74. The highest BCUT2D eigenvalue weighted by Gasteiger charge is 2.35. The Labute approximate surface area is 209 Å². The summed E-state index contributed by atoms with van der Waals surface area (Å²) in [6.07, 6.45) is 0.148. The molecule has 3 aromatic rings. The van der Waals surface area contributed by atoms with Gasteiger partial charge in [-0.05, 0) is 42.5 Å². The highest BCUT2D eigenvalue weighted by atomic mass is 79.9. The number of ether oxygens (including phenoxy) is 1. The van der Waals surface area contributed by atoms with Gasteiger partial charge in [-0.2, -0.15) is 0 Å². The molecule has 1 heterocycles. The number of halogens is 3. The second-order valence-electron chi connectivity index (χ2n) is 7.48. The Bertz CT molecular complexity index is 1160. The number of hydrogen-bond acceptors (Lipinski definition) is 4. The van der Waals surface area contributed by atoms with Crippen LogP contribution in [0.3, 0.4) is 0 Å². The summed E-state index contributed by atoms with van der Waals surface area (Å²) in [4.78, 5) is 26.8. The Morgan fingerprint density at radius 3 is 2.52 bits per heavy atom. The molecule has 9 heteroatoms. The summed E-state index contributed by atoms with van der Waals surface area (Å²) in [7, 11) is 0. The van der Waals surface area contributed by atoms with Gasteiger partial charge in [-0.1, -0.05) is 63.4 Å². The van der Waals surface area contributed by atoms with E-state index >= 15 is 0 Å². The smallest absolute Gasteiger partial charge is 0.243 e. The predicted octanol–water partition coefficient (Wildman–Crippen LogP) is 5.83. The summed E-state index contributed by atoms with van der Waals surface area (Å²) >= 11 is 15.9. The first kappa shape index (κ1) is 23.4. The first-order chi connectivity index (χ1) is 15.9. The molecule has 2 N–H and O–H groups in total. The van der Waals surface area contributed by atoms with E-state index in [0.29, 0.717) is 33.6 Å². The van der Waals surface area contributed by atoms with E-state index < -0.39 is 5.92 Å². The minimum absolute atomic E-state index is 0.0792. The topological polar surface area (TPSA) is 70.7 Å². The molecular weight excluding hydrogens is 529 g/mol. The van der Waals surface area contributed by atoms with Gasteiger partial charge >= 0.3 is 0 Å². The van der Waals surface area contributed by atoms with Crippen LogP contribution in [-0.4, -0.2) is 18.4 Å². The van der Waals surface area contributed by atoms with Crippen molar-refractivity contribution in [2.24, 2.45) is 5.92 Å². The second-order valence-corrected chi connectivity index (χ2v) is 9.21. The van der Waals surface area contributed by atoms with Crippen LogP contribution < -0.4 is 20.5 Å². The molecule has 0 bridgehead atoms. The average Bonchev–Trinajstić information content (AvgIpc) is 3.20. The van der Waals surface area contributed by atoms with Crippen molar-refractivity contribution in [1.29, 1.82) is 0 Å². The third-order valence-electron chi connectivity index (χ3n) is 5.26. The highest BCUT2D eigenvalue weighted by molar-refractivity contribution is 9.10. The number of hydrazine groups is 1. The molecule has 0 aromatic heterocycles. The molecule has 0 spiro atoms. The molecule has 6 nitrogen and oxygen atoms in total. The lowest BCUT2D eigenvalue weighted by molar-refractivity contribution is -0.125. The molecule has 0 radical (unpaired) electrons. The number of benzene rings is 3. The van der Waals surface area contributed by atoms with Gasteiger partial charge < -0.3 is 9.64 Å². The molecule has 1 aliphatic heterocycles. The van der Waals surface area contributed by atoms with E-state index in [2.05, 4.69) is 26.8 Å². The van der Waals surface area contributed by atoms with Crippen LogP contribution in [-0.2, 0) is 16.2 Å². The fourth-order valence-electron chi connectivity index (χ4n) is 3.52. The van der Waals surface area contributed by atoms with Crippen molar-refractivity contribution in [2.75, 3.05) is 16.9 Å². The minimum Gasteiger partial charge on any atom is -0.487 e. The van der Waals surface area contributed by atoms with Crippen LogP contribution in [0.15, 0.2) is 71.2 Å². The van der Waals surface area contributed by atoms with Crippen LogP contribution in [0.2, 0.25) is 10.0 Å². The van der Waals surface area contributed by atoms with Crippen LogP contribution in [0.25, 0.3) is 0 Å². The van der Waals surface area contributed by atoms with Gasteiger partial charge in [0.2, 0.25) is 11.8 Å². The van der Waals surface area contributed by atoms with Gasteiger partial charge in [-0.25, -0.2) is 0 Å². The van der Waals surface area contributed by atoms with Gasteiger partial charge in [0.05, 0.1) is 11.6 Å². The summed E-state index contributed by atoms with van der Waals surface area (Å²) in [5, 5.41) is 1.02. The maximum Gasteiger partial charge on any atom is 0.243 e. The van der Waals surface area contributed by atoms with E-state index in [4.69, 9.17) is 27.9 Å². The zero-order chi connectivity index (χ0) is 23.4. The summed E-state index contributed by atoms with van der Waals surface area (Å²) in [6, 6.07) is 19.9. The lowest BCUT2D eigenvalue weighted by Gasteiger charge is -2.18. The van der Waals surface area contributed by atoms with Gasteiger partial charge in [0, 0.05) is 38.7 Å². The molecular formula is C24H20BrCl2N3O3. The SMILES string of the molecule is O=C(NNc1cc(Br)ccc1OCc1c(Cl)cccc1Cl)[C@@H]1CC(=O)N(c2ccccc2)C1. The fraction of sp³-hybridized carbons (Fsp3) is 0.167. The van der Waals surface area contributed by atoms with E-state index in [1.807, 2.05) is 36.4 Å². The lowest BCUT2D eigenvalue weighted by atomic mass is 10.1. The van der Waals surface area contributed by atoms with Crippen LogP contribution >= 0.6 is 39.1 Å². The first-order valence-corrected chi connectivity index (χ1v) is 11.7. The molecule has 1 fully saturated rings. The minimum atomic E-state index is -0.469. The quantitative estimate of drug-likeness (QED) is 0.364. The van der Waals surface area contributed by atoms with Crippen molar-refractivity contribution in [1.82, 2.24) is 5.43 Å². The molecule has 0 saturated carbocycles. The number of carbonyl (C=O) groups is 2. The molecule has 0 aliphatic carbocycles. The molecule has 1 atom stereocenters. The summed E-state index contributed by atoms with van der Waals surface area (Å²) in [6.45, 7) is 0.481.